The molecule has 1 aromatic carbocycles. The van der Waals surface area contributed by atoms with Gasteiger partial charge in [0.05, 0.1) is 11.5 Å². The minimum absolute atomic E-state index is 0.0785. The van der Waals surface area contributed by atoms with Crippen LogP contribution in [0, 0.1) is 23.1 Å². The smallest absolute Gasteiger partial charge is 0.410 e. The van der Waals surface area contributed by atoms with E-state index in [1.807, 2.05) is 67.3 Å². The number of piperazine rings is 1. The van der Waals surface area contributed by atoms with Crippen LogP contribution in [0.1, 0.15) is 106 Å². The number of halogens is 1. The second-order valence-electron chi connectivity index (χ2n) is 17.3. The minimum atomic E-state index is -0.912. The summed E-state index contributed by atoms with van der Waals surface area (Å²) < 4.78 is 19.6. The lowest BCUT2D eigenvalue weighted by Gasteiger charge is -2.48. The number of likely N-dealkylation sites (tertiary alicyclic amines) is 1. The Labute approximate surface area is 299 Å². The number of ether oxygens (including phenoxy) is 1. The van der Waals surface area contributed by atoms with E-state index in [0.29, 0.717) is 32.5 Å². The van der Waals surface area contributed by atoms with Gasteiger partial charge in [-0.2, -0.15) is 0 Å². The van der Waals surface area contributed by atoms with Crippen LogP contribution in [0.3, 0.4) is 0 Å². The lowest BCUT2D eigenvalue weighted by molar-refractivity contribution is -0.147. The van der Waals surface area contributed by atoms with Crippen LogP contribution in [0.25, 0.3) is 0 Å². The maximum Gasteiger partial charge on any atom is 0.410 e. The van der Waals surface area contributed by atoms with Gasteiger partial charge in [-0.3, -0.25) is 19.3 Å². The number of nitrogens with one attached hydrogen (secondary N) is 2. The van der Waals surface area contributed by atoms with Crippen LogP contribution < -0.4 is 10.6 Å². The molecule has 1 aliphatic carbocycles. The number of hydrogen-bond donors (Lipinski definition) is 2. The zero-order valence-electron chi connectivity index (χ0n) is 31.9. The quantitative estimate of drug-likeness (QED) is 0.369. The van der Waals surface area contributed by atoms with Crippen LogP contribution in [0.15, 0.2) is 24.3 Å². The van der Waals surface area contributed by atoms with Crippen molar-refractivity contribution in [1.29, 1.82) is 0 Å². The number of carbonyl (C=O) groups excluding carboxylic acids is 4. The fourth-order valence-corrected chi connectivity index (χ4v) is 7.98. The highest BCUT2D eigenvalue weighted by molar-refractivity contribution is 5.91. The Balaban J connectivity index is 1.55. The molecule has 1 saturated carbocycles. The zero-order chi connectivity index (χ0) is 37.0. The monoisotopic (exact) mass is 699 g/mol. The summed E-state index contributed by atoms with van der Waals surface area (Å²) in [5.74, 6) is -0.479. The lowest BCUT2D eigenvalue weighted by atomic mass is 9.63. The summed E-state index contributed by atoms with van der Waals surface area (Å²) in [4.78, 5) is 61.1. The molecule has 4 rings (SSSR count). The van der Waals surface area contributed by atoms with Gasteiger partial charge in [-0.1, -0.05) is 45.2 Å². The van der Waals surface area contributed by atoms with Crippen LogP contribution in [0.2, 0.25) is 0 Å². The lowest BCUT2D eigenvalue weighted by Crippen LogP contribution is -2.65. The molecule has 3 atom stereocenters. The summed E-state index contributed by atoms with van der Waals surface area (Å²) in [7, 11) is 1.86. The molecule has 0 aromatic heterocycles. The fourth-order valence-electron chi connectivity index (χ4n) is 7.98. The third-order valence-electron chi connectivity index (χ3n) is 10.7. The summed E-state index contributed by atoms with van der Waals surface area (Å²) in [5, 5.41) is 6.30. The van der Waals surface area contributed by atoms with Crippen LogP contribution in [0.4, 0.5) is 9.18 Å². The Morgan fingerprint density at radius 1 is 0.940 bits per heavy atom. The van der Waals surface area contributed by atoms with E-state index in [1.54, 1.807) is 21.9 Å². The highest BCUT2D eigenvalue weighted by atomic mass is 19.1. The van der Waals surface area contributed by atoms with E-state index in [4.69, 9.17) is 4.74 Å². The standard InChI is InChI=1S/C39H62FN5O5/c1-26(2)31-24-43(9)32(25-45(31)36(49)50-38(6,7)8)33(46)41-30(23-27-15-17-29(40)18-16-27)34(47)44-21-19-39(20-22-44,28-13-11-10-12-14-28)35(48)42-37(3,4)5/h15-18,26,28,30-32H,10-14,19-25H2,1-9H3,(H,41,46)(H,42,48)/t30-,31?,32+/m1/s1. The van der Waals surface area contributed by atoms with Gasteiger partial charge in [-0.05, 0) is 104 Å². The summed E-state index contributed by atoms with van der Waals surface area (Å²) >= 11 is 0. The average Bonchev–Trinajstić information content (AvgIpc) is 3.03. The third kappa shape index (κ3) is 9.98. The summed E-state index contributed by atoms with van der Waals surface area (Å²) in [6.07, 6.45) is 6.29. The predicted molar refractivity (Wildman–Crippen MR) is 193 cm³/mol. The number of benzene rings is 1. The Morgan fingerprint density at radius 2 is 1.54 bits per heavy atom. The van der Waals surface area contributed by atoms with Crippen LogP contribution in [-0.2, 0) is 25.5 Å². The molecule has 0 spiro atoms. The molecule has 1 unspecified atom stereocenters. The number of amides is 4. The van der Waals surface area contributed by atoms with Crippen molar-refractivity contribution in [3.05, 3.63) is 35.6 Å². The van der Waals surface area contributed by atoms with E-state index in [0.717, 1.165) is 31.2 Å². The second kappa shape index (κ2) is 16.0. The van der Waals surface area contributed by atoms with E-state index in [9.17, 15) is 23.6 Å². The molecule has 2 aliphatic heterocycles. The highest BCUT2D eigenvalue weighted by Gasteiger charge is 2.49. The SMILES string of the molecule is CC(C)C1CN(C)[C@H](C(=O)N[C@H](Cc2ccc(F)cc2)C(=O)N2CCC(C(=O)NC(C)(C)C)(C3CCCCC3)CC2)CN1C(=O)OC(C)(C)C. The molecule has 3 fully saturated rings. The molecule has 2 heterocycles. The molecule has 0 radical (unpaired) electrons. The first-order valence-electron chi connectivity index (χ1n) is 18.7. The number of nitrogens with zero attached hydrogens (tertiary/aromatic N) is 3. The normalized spacial score (nSPS) is 22.9. The molecule has 10 nitrogen and oxygen atoms in total. The van der Waals surface area contributed by atoms with Gasteiger partial charge >= 0.3 is 6.09 Å². The molecule has 1 aromatic rings. The first kappa shape index (κ1) is 39.6. The first-order chi connectivity index (χ1) is 23.3. The van der Waals surface area contributed by atoms with Crippen LogP contribution in [0.5, 0.6) is 0 Å². The fraction of sp³-hybridized carbons (Fsp3) is 0.744. The highest BCUT2D eigenvalue weighted by Crippen LogP contribution is 2.46. The third-order valence-corrected chi connectivity index (χ3v) is 10.7. The number of piperidine rings is 1. The molecular formula is C39H62FN5O5. The van der Waals surface area contributed by atoms with Crippen LogP contribution >= 0.6 is 0 Å². The van der Waals surface area contributed by atoms with Gasteiger partial charge in [0.15, 0.2) is 0 Å². The topological polar surface area (TPSA) is 111 Å². The Hall–Kier alpha value is -3.21. The molecule has 280 valence electrons. The molecule has 4 amide bonds. The van der Waals surface area contributed by atoms with Gasteiger partial charge in [-0.15, -0.1) is 0 Å². The molecule has 11 heteroatoms. The minimum Gasteiger partial charge on any atom is -0.444 e. The number of hydrogen-bond acceptors (Lipinski definition) is 6. The van der Waals surface area contributed by atoms with Crippen molar-refractivity contribution in [2.75, 3.05) is 33.2 Å². The van der Waals surface area contributed by atoms with Gasteiger partial charge in [0.1, 0.15) is 23.5 Å². The van der Waals surface area contributed by atoms with Crippen molar-refractivity contribution in [3.8, 4) is 0 Å². The molecule has 2 N–H and O–H groups in total. The van der Waals surface area contributed by atoms with Crippen LogP contribution in [-0.4, -0.2) is 101 Å². The van der Waals surface area contributed by atoms with E-state index in [-0.39, 0.29) is 59.9 Å². The maximum atomic E-state index is 14.4. The zero-order valence-corrected chi connectivity index (χ0v) is 31.9. The van der Waals surface area contributed by atoms with E-state index in [1.165, 1.54) is 18.6 Å². The summed E-state index contributed by atoms with van der Waals surface area (Å²) in [6, 6.07) is 4.20. The van der Waals surface area contributed by atoms with Gasteiger partial charge < -0.3 is 25.2 Å². The van der Waals surface area contributed by atoms with Crippen molar-refractivity contribution in [1.82, 2.24) is 25.3 Å². The van der Waals surface area contributed by atoms with Crippen molar-refractivity contribution in [2.24, 2.45) is 17.3 Å². The molecule has 3 aliphatic rings. The second-order valence-corrected chi connectivity index (χ2v) is 17.3. The Bertz CT molecular complexity index is 1340. The largest absolute Gasteiger partial charge is 0.444 e. The van der Waals surface area contributed by atoms with Crippen molar-refractivity contribution in [2.45, 2.75) is 136 Å². The van der Waals surface area contributed by atoms with E-state index in [2.05, 4.69) is 10.6 Å². The van der Waals surface area contributed by atoms with Gasteiger partial charge in [0.25, 0.3) is 0 Å². The van der Waals surface area contributed by atoms with Crippen molar-refractivity contribution in [3.63, 3.8) is 0 Å². The summed E-state index contributed by atoms with van der Waals surface area (Å²) in [5.41, 5.74) is -0.877. The average molecular weight is 700 g/mol. The van der Waals surface area contributed by atoms with Crippen molar-refractivity contribution >= 4 is 23.8 Å². The number of likely N-dealkylation sites (N-methyl/N-ethyl adjacent to an activating group) is 1. The molecule has 0 bridgehead atoms. The maximum absolute atomic E-state index is 14.4. The summed E-state index contributed by atoms with van der Waals surface area (Å²) in [6.45, 7) is 17.0. The van der Waals surface area contributed by atoms with E-state index >= 15 is 0 Å². The number of carbonyl (C=O) groups is 4. The molecule has 50 heavy (non-hydrogen) atoms. The Kier molecular flexibility index (Phi) is 12.7. The van der Waals surface area contributed by atoms with Gasteiger partial charge in [-0.25, -0.2) is 9.18 Å². The molecule has 2 saturated heterocycles. The van der Waals surface area contributed by atoms with Crippen molar-refractivity contribution < 1.29 is 28.3 Å². The predicted octanol–water partition coefficient (Wildman–Crippen LogP) is 5.53. The van der Waals surface area contributed by atoms with E-state index < -0.39 is 29.2 Å². The number of rotatable bonds is 8. The Morgan fingerprint density at radius 3 is 2.08 bits per heavy atom. The first-order valence-corrected chi connectivity index (χ1v) is 18.7. The molecular weight excluding hydrogens is 637 g/mol. The van der Waals surface area contributed by atoms with Gasteiger partial charge in [0.2, 0.25) is 17.7 Å². The van der Waals surface area contributed by atoms with Gasteiger partial charge in [0, 0.05) is 38.1 Å².